The second kappa shape index (κ2) is 2.64. The van der Waals surface area contributed by atoms with Crippen molar-refractivity contribution in [2.75, 3.05) is 0 Å². The van der Waals surface area contributed by atoms with Gasteiger partial charge in [0.15, 0.2) is 0 Å². The summed E-state index contributed by atoms with van der Waals surface area (Å²) in [6.07, 6.45) is 0. The van der Waals surface area contributed by atoms with Crippen LogP contribution in [-0.2, 0) is 0 Å². The average molecular weight is 295 g/mol. The van der Waals surface area contributed by atoms with Gasteiger partial charge < -0.3 is 0 Å². The fourth-order valence-electron chi connectivity index (χ4n) is 0. The van der Waals surface area contributed by atoms with Crippen molar-refractivity contribution in [3.05, 3.63) is 12.3 Å². The first-order chi connectivity index (χ1) is 2.56. The van der Waals surface area contributed by atoms with E-state index in [-0.39, 0.29) is 0 Å². The molecule has 0 N–H and O–H groups in total. The van der Waals surface area contributed by atoms with Gasteiger partial charge in [-0.25, -0.2) is 0 Å². The molecular weight excluding hydrogens is 292 g/mol. The largest absolute Gasteiger partial charge is 0.290 e. The van der Waals surface area contributed by atoms with E-state index in [1.54, 1.807) is 0 Å². The van der Waals surface area contributed by atoms with Gasteiger partial charge in [0.25, 0.3) is 3.93 Å². The van der Waals surface area contributed by atoms with E-state index in [9.17, 15) is 0 Å². The summed E-state index contributed by atoms with van der Waals surface area (Å²) >= 11 is 9.99. The highest BCUT2D eigenvalue weighted by molar-refractivity contribution is 9.72. The first-order valence-corrected chi connectivity index (χ1v) is 10.1. The van der Waals surface area contributed by atoms with Gasteiger partial charge in [0, 0.05) is 0 Å². The van der Waals surface area contributed by atoms with Gasteiger partial charge in [0.1, 0.15) is 0 Å². The van der Waals surface area contributed by atoms with Crippen molar-refractivity contribution >= 4 is 49.8 Å². The number of hydrogen-bond acceptors (Lipinski definition) is 0. The molecule has 0 aromatic rings. The SMILES string of the molecule is C=C[Si](Br)(Br)Br. The molecule has 0 bridgehead atoms. The van der Waals surface area contributed by atoms with Crippen LogP contribution in [0.25, 0.3) is 0 Å². The van der Waals surface area contributed by atoms with E-state index < -0.39 is 3.93 Å². The molecule has 36 valence electrons. The van der Waals surface area contributed by atoms with Crippen molar-refractivity contribution in [2.24, 2.45) is 0 Å². The third-order valence-electron chi connectivity index (χ3n) is 0.231. The molecule has 0 amide bonds. The average Bonchev–Trinajstić information content (AvgIpc) is 1.35. The molecule has 0 fully saturated rings. The standard InChI is InChI=1S/C2H3Br3Si/c1-2-6(3,4)5/h2H,1H2. The van der Waals surface area contributed by atoms with Crippen molar-refractivity contribution in [1.82, 2.24) is 0 Å². The minimum atomic E-state index is -1.43. The molecule has 0 spiro atoms. The zero-order valence-corrected chi connectivity index (χ0v) is 8.68. The van der Waals surface area contributed by atoms with Gasteiger partial charge in [-0.05, 0) is 0 Å². The lowest BCUT2D eigenvalue weighted by molar-refractivity contribution is 2.60. The molecular formula is C2H3Br3Si. The van der Waals surface area contributed by atoms with Gasteiger partial charge in [-0.2, -0.15) is 0 Å². The Hall–Kier alpha value is 1.40. The van der Waals surface area contributed by atoms with Crippen LogP contribution in [0.15, 0.2) is 12.3 Å². The predicted molar refractivity (Wildman–Crippen MR) is 42.7 cm³/mol. The summed E-state index contributed by atoms with van der Waals surface area (Å²) in [5.74, 6) is 0. The first-order valence-electron chi connectivity index (χ1n) is 1.26. The van der Waals surface area contributed by atoms with Crippen LogP contribution in [0.3, 0.4) is 0 Å². The Kier molecular flexibility index (Phi) is 3.26. The molecule has 0 aliphatic heterocycles. The normalized spacial score (nSPS) is 11.2. The zero-order valence-electron chi connectivity index (χ0n) is 2.92. The van der Waals surface area contributed by atoms with E-state index in [0.29, 0.717) is 0 Å². The third-order valence-corrected chi connectivity index (χ3v) is 3.61. The van der Waals surface area contributed by atoms with Crippen molar-refractivity contribution < 1.29 is 0 Å². The van der Waals surface area contributed by atoms with E-state index in [1.807, 2.05) is 5.70 Å². The Morgan fingerprint density at radius 2 is 1.50 bits per heavy atom. The van der Waals surface area contributed by atoms with Crippen molar-refractivity contribution in [1.29, 1.82) is 0 Å². The van der Waals surface area contributed by atoms with E-state index in [0.717, 1.165) is 0 Å². The lowest BCUT2D eigenvalue weighted by atomic mass is 11.3. The third kappa shape index (κ3) is 5.40. The van der Waals surface area contributed by atoms with Gasteiger partial charge in [0.05, 0.1) is 0 Å². The van der Waals surface area contributed by atoms with E-state index in [2.05, 4.69) is 52.5 Å². The quantitative estimate of drug-likeness (QED) is 0.515. The second-order valence-corrected chi connectivity index (χ2v) is 23.1. The predicted octanol–water partition coefficient (Wildman–Crippen LogP) is 2.84. The Bertz CT molecular complexity index is 54.3. The highest BCUT2D eigenvalue weighted by atomic mass is 80.0. The molecule has 0 saturated heterocycles. The molecule has 0 atom stereocenters. The van der Waals surface area contributed by atoms with Gasteiger partial charge in [0.2, 0.25) is 0 Å². The van der Waals surface area contributed by atoms with Gasteiger partial charge in [-0.15, -0.1) is 6.58 Å². The fraction of sp³-hybridized carbons (Fsp3) is 0. The van der Waals surface area contributed by atoms with Crippen LogP contribution in [-0.4, -0.2) is 3.93 Å². The van der Waals surface area contributed by atoms with Crippen LogP contribution in [0.4, 0.5) is 0 Å². The van der Waals surface area contributed by atoms with Crippen LogP contribution in [0, 0.1) is 0 Å². The van der Waals surface area contributed by atoms with Crippen LogP contribution in [0.5, 0.6) is 0 Å². The van der Waals surface area contributed by atoms with E-state index in [1.165, 1.54) is 0 Å². The number of hydrogen-bond donors (Lipinski definition) is 0. The molecule has 0 heterocycles. The molecule has 0 aliphatic carbocycles. The van der Waals surface area contributed by atoms with Crippen LogP contribution in [0.1, 0.15) is 0 Å². The van der Waals surface area contributed by atoms with Crippen molar-refractivity contribution in [3.8, 4) is 0 Å². The second-order valence-electron chi connectivity index (χ2n) is 0.746. The molecule has 0 saturated carbocycles. The molecule has 4 heteroatoms. The molecule has 0 nitrogen and oxygen atoms in total. The summed E-state index contributed by atoms with van der Waals surface area (Å²) in [5.41, 5.74) is 1.83. The molecule has 0 rings (SSSR count). The highest BCUT2D eigenvalue weighted by Crippen LogP contribution is 2.27. The maximum atomic E-state index is 3.55. The molecule has 0 aromatic heterocycles. The van der Waals surface area contributed by atoms with Crippen molar-refractivity contribution in [2.45, 2.75) is 0 Å². The number of halogens is 3. The topological polar surface area (TPSA) is 0 Å². The Morgan fingerprint density at radius 1 is 1.33 bits per heavy atom. The zero-order chi connectivity index (χ0) is 5.21. The minimum absolute atomic E-state index is 1.43. The Balaban J connectivity index is 3.45. The summed E-state index contributed by atoms with van der Waals surface area (Å²) in [5, 5.41) is 0. The molecule has 0 aromatic carbocycles. The molecule has 0 radical (unpaired) electrons. The maximum Gasteiger partial charge on any atom is 0.290 e. The first kappa shape index (κ1) is 7.40. The van der Waals surface area contributed by atoms with Crippen LogP contribution in [0.2, 0.25) is 0 Å². The Morgan fingerprint density at radius 3 is 1.50 bits per heavy atom. The maximum absolute atomic E-state index is 3.55. The molecule has 6 heavy (non-hydrogen) atoms. The summed E-state index contributed by atoms with van der Waals surface area (Å²) < 4.78 is -1.43. The van der Waals surface area contributed by atoms with Crippen LogP contribution >= 0.6 is 45.9 Å². The summed E-state index contributed by atoms with van der Waals surface area (Å²) in [7, 11) is 0. The van der Waals surface area contributed by atoms with E-state index in [4.69, 9.17) is 0 Å². The van der Waals surface area contributed by atoms with Crippen LogP contribution < -0.4 is 0 Å². The number of rotatable bonds is 1. The van der Waals surface area contributed by atoms with Gasteiger partial charge in [-0.3, -0.25) is 0 Å². The monoisotopic (exact) mass is 292 g/mol. The molecule has 0 aliphatic rings. The smallest absolute Gasteiger partial charge is 0.105 e. The van der Waals surface area contributed by atoms with Crippen molar-refractivity contribution in [3.63, 3.8) is 0 Å². The summed E-state index contributed by atoms with van der Waals surface area (Å²) in [4.78, 5) is 0. The minimum Gasteiger partial charge on any atom is -0.105 e. The fourth-order valence-corrected chi connectivity index (χ4v) is 0. The molecule has 0 unspecified atom stereocenters. The van der Waals surface area contributed by atoms with Gasteiger partial charge in [-0.1, -0.05) is 51.6 Å². The lowest BCUT2D eigenvalue weighted by Gasteiger charge is -1.95. The van der Waals surface area contributed by atoms with Gasteiger partial charge >= 0.3 is 0 Å². The Labute approximate surface area is 61.7 Å². The van der Waals surface area contributed by atoms with E-state index >= 15 is 0 Å². The summed E-state index contributed by atoms with van der Waals surface area (Å²) in [6.45, 7) is 3.55. The summed E-state index contributed by atoms with van der Waals surface area (Å²) in [6, 6.07) is 0. The lowest BCUT2D eigenvalue weighted by Crippen LogP contribution is -1.97. The highest BCUT2D eigenvalue weighted by Gasteiger charge is 2.14.